The molecule has 96 valence electrons. The third-order valence-corrected chi connectivity index (χ3v) is 4.13. The van der Waals surface area contributed by atoms with E-state index in [0.29, 0.717) is 12.5 Å². The van der Waals surface area contributed by atoms with Crippen molar-refractivity contribution in [3.8, 4) is 0 Å². The Kier molecular flexibility index (Phi) is 4.92. The minimum Gasteiger partial charge on any atom is -0.392 e. The summed E-state index contributed by atoms with van der Waals surface area (Å²) in [5.41, 5.74) is 1.03. The van der Waals surface area contributed by atoms with Crippen LogP contribution in [0, 0.1) is 0 Å². The molecule has 1 atom stereocenters. The summed E-state index contributed by atoms with van der Waals surface area (Å²) in [7, 11) is 0. The Labute approximate surface area is 108 Å². The summed E-state index contributed by atoms with van der Waals surface area (Å²) >= 11 is 1.68. The van der Waals surface area contributed by atoms with Crippen LogP contribution in [-0.4, -0.2) is 33.0 Å². The first-order valence-corrected chi connectivity index (χ1v) is 7.90. The highest BCUT2D eigenvalue weighted by atomic mass is 32.2. The Morgan fingerprint density at radius 3 is 2.94 bits per heavy atom. The summed E-state index contributed by atoms with van der Waals surface area (Å²) in [6.45, 7) is 0. The minimum absolute atomic E-state index is 0.264. The molecule has 1 aliphatic carbocycles. The average Bonchev–Trinajstić information content (AvgIpc) is 2.79. The predicted octanol–water partition coefficient (Wildman–Crippen LogP) is 2.65. The smallest absolute Gasteiger partial charge is 0.0686 e. The molecule has 1 saturated carbocycles. The van der Waals surface area contributed by atoms with Crippen molar-refractivity contribution in [3.05, 3.63) is 18.0 Å². The van der Waals surface area contributed by atoms with Gasteiger partial charge in [-0.2, -0.15) is 16.9 Å². The predicted molar refractivity (Wildman–Crippen MR) is 72.4 cm³/mol. The van der Waals surface area contributed by atoms with Gasteiger partial charge >= 0.3 is 0 Å². The van der Waals surface area contributed by atoms with E-state index in [1.54, 1.807) is 11.8 Å². The van der Waals surface area contributed by atoms with E-state index >= 15 is 0 Å². The zero-order valence-corrected chi connectivity index (χ0v) is 11.3. The van der Waals surface area contributed by atoms with E-state index < -0.39 is 0 Å². The molecule has 0 bridgehead atoms. The number of rotatable bonds is 5. The summed E-state index contributed by atoms with van der Waals surface area (Å²) < 4.78 is 2.11. The van der Waals surface area contributed by atoms with Gasteiger partial charge in [0.2, 0.25) is 0 Å². The van der Waals surface area contributed by atoms with Crippen molar-refractivity contribution in [2.75, 3.05) is 12.0 Å². The molecule has 0 saturated heterocycles. The number of nitrogens with zero attached hydrogens (tertiary/aromatic N) is 2. The number of aliphatic hydroxyl groups excluding tert-OH is 1. The van der Waals surface area contributed by atoms with Gasteiger partial charge in [0.1, 0.15) is 0 Å². The normalized spacial score (nSPS) is 19.4. The molecule has 17 heavy (non-hydrogen) atoms. The van der Waals surface area contributed by atoms with Crippen LogP contribution in [0.25, 0.3) is 0 Å². The topological polar surface area (TPSA) is 38.0 Å². The van der Waals surface area contributed by atoms with Crippen LogP contribution in [0.5, 0.6) is 0 Å². The number of thioether (sulfide) groups is 1. The van der Waals surface area contributed by atoms with E-state index in [9.17, 15) is 5.11 Å². The number of aliphatic hydroxyl groups is 1. The number of hydrogen-bond acceptors (Lipinski definition) is 3. The fraction of sp³-hybridized carbons (Fsp3) is 0.769. The molecule has 1 unspecified atom stereocenters. The Morgan fingerprint density at radius 2 is 2.24 bits per heavy atom. The highest BCUT2D eigenvalue weighted by Crippen LogP contribution is 2.27. The summed E-state index contributed by atoms with van der Waals surface area (Å²) in [6.07, 6.45) is 11.1. The van der Waals surface area contributed by atoms with Crippen LogP contribution < -0.4 is 0 Å². The second kappa shape index (κ2) is 6.45. The summed E-state index contributed by atoms with van der Waals surface area (Å²) in [6, 6.07) is 2.65. The van der Waals surface area contributed by atoms with Gasteiger partial charge in [0.15, 0.2) is 0 Å². The van der Waals surface area contributed by atoms with Gasteiger partial charge in [-0.3, -0.25) is 4.68 Å². The van der Waals surface area contributed by atoms with Crippen LogP contribution in [-0.2, 0) is 6.42 Å². The fourth-order valence-electron chi connectivity index (χ4n) is 2.53. The minimum atomic E-state index is -0.264. The monoisotopic (exact) mass is 254 g/mol. The van der Waals surface area contributed by atoms with E-state index in [0.717, 1.165) is 11.4 Å². The van der Waals surface area contributed by atoms with E-state index in [-0.39, 0.29) is 6.10 Å². The van der Waals surface area contributed by atoms with E-state index in [1.807, 2.05) is 6.26 Å². The Balaban J connectivity index is 1.90. The second-order valence-corrected chi connectivity index (χ2v) is 5.80. The fourth-order valence-corrected chi connectivity index (χ4v) is 3.03. The molecular formula is C13H22N2OS. The maximum Gasteiger partial charge on any atom is 0.0686 e. The molecule has 1 aliphatic rings. The lowest BCUT2D eigenvalue weighted by Crippen LogP contribution is -2.16. The third kappa shape index (κ3) is 3.75. The molecule has 0 aliphatic heterocycles. The summed E-state index contributed by atoms with van der Waals surface area (Å²) in [4.78, 5) is 0. The second-order valence-electron chi connectivity index (χ2n) is 4.89. The molecule has 1 heterocycles. The molecule has 0 spiro atoms. The van der Waals surface area contributed by atoms with E-state index in [2.05, 4.69) is 22.0 Å². The Bertz CT molecular complexity index is 334. The van der Waals surface area contributed by atoms with Crippen molar-refractivity contribution >= 4 is 11.8 Å². The quantitative estimate of drug-likeness (QED) is 0.878. The van der Waals surface area contributed by atoms with Gasteiger partial charge in [-0.1, -0.05) is 19.3 Å². The highest BCUT2D eigenvalue weighted by molar-refractivity contribution is 7.98. The van der Waals surface area contributed by atoms with Gasteiger partial charge in [-0.05, 0) is 25.2 Å². The van der Waals surface area contributed by atoms with E-state index in [4.69, 9.17) is 0 Å². The van der Waals surface area contributed by atoms with Gasteiger partial charge < -0.3 is 5.11 Å². The molecule has 1 aromatic rings. The molecule has 0 aromatic carbocycles. The van der Waals surface area contributed by atoms with Gasteiger partial charge in [-0.25, -0.2) is 0 Å². The lowest BCUT2D eigenvalue weighted by atomic mass is 9.96. The molecule has 4 heteroatoms. The summed E-state index contributed by atoms with van der Waals surface area (Å²) in [5.74, 6) is 0.788. The number of aromatic nitrogens is 2. The highest BCUT2D eigenvalue weighted by Gasteiger charge is 2.16. The lowest BCUT2D eigenvalue weighted by Gasteiger charge is -2.21. The lowest BCUT2D eigenvalue weighted by molar-refractivity contribution is 0.198. The maximum absolute atomic E-state index is 9.75. The largest absolute Gasteiger partial charge is 0.392 e. The van der Waals surface area contributed by atoms with Crippen molar-refractivity contribution in [2.24, 2.45) is 0 Å². The Morgan fingerprint density at radius 1 is 1.47 bits per heavy atom. The average molecular weight is 254 g/mol. The number of hydrogen-bond donors (Lipinski definition) is 1. The molecule has 1 aromatic heterocycles. The first-order valence-electron chi connectivity index (χ1n) is 6.50. The molecule has 1 fully saturated rings. The molecule has 2 rings (SSSR count). The zero-order valence-electron chi connectivity index (χ0n) is 10.5. The SMILES string of the molecule is CSCC(O)Cc1ccn(C2CCCCC2)n1. The van der Waals surface area contributed by atoms with Crippen molar-refractivity contribution in [1.82, 2.24) is 9.78 Å². The van der Waals surface area contributed by atoms with Gasteiger partial charge in [-0.15, -0.1) is 0 Å². The first-order chi connectivity index (χ1) is 8.29. The first kappa shape index (κ1) is 13.0. The van der Waals surface area contributed by atoms with Crippen molar-refractivity contribution in [2.45, 2.75) is 50.7 Å². The molecule has 3 nitrogen and oxygen atoms in total. The van der Waals surface area contributed by atoms with Crippen molar-refractivity contribution in [3.63, 3.8) is 0 Å². The maximum atomic E-state index is 9.75. The third-order valence-electron chi connectivity index (χ3n) is 3.42. The van der Waals surface area contributed by atoms with Crippen LogP contribution in [0.2, 0.25) is 0 Å². The standard InChI is InChI=1S/C13H22N2OS/c1-17-10-13(16)9-11-7-8-15(14-11)12-5-3-2-4-6-12/h7-8,12-13,16H,2-6,9-10H2,1H3. The molecule has 1 N–H and O–H groups in total. The van der Waals surface area contributed by atoms with Gasteiger partial charge in [0.05, 0.1) is 17.8 Å². The Hall–Kier alpha value is -0.480. The van der Waals surface area contributed by atoms with Crippen LogP contribution in [0.15, 0.2) is 12.3 Å². The van der Waals surface area contributed by atoms with Crippen molar-refractivity contribution < 1.29 is 5.11 Å². The van der Waals surface area contributed by atoms with E-state index in [1.165, 1.54) is 32.1 Å². The van der Waals surface area contributed by atoms with Crippen molar-refractivity contribution in [1.29, 1.82) is 0 Å². The summed E-state index contributed by atoms with van der Waals surface area (Å²) in [5, 5.41) is 14.4. The van der Waals surface area contributed by atoms with Gasteiger partial charge in [0, 0.05) is 18.4 Å². The molecular weight excluding hydrogens is 232 g/mol. The molecule has 0 amide bonds. The van der Waals surface area contributed by atoms with Crippen LogP contribution in [0.1, 0.15) is 43.8 Å². The van der Waals surface area contributed by atoms with Crippen LogP contribution in [0.4, 0.5) is 0 Å². The van der Waals surface area contributed by atoms with Crippen LogP contribution in [0.3, 0.4) is 0 Å². The van der Waals surface area contributed by atoms with Gasteiger partial charge in [0.25, 0.3) is 0 Å². The molecule has 0 radical (unpaired) electrons. The zero-order chi connectivity index (χ0) is 12.1. The van der Waals surface area contributed by atoms with Crippen LogP contribution >= 0.6 is 11.8 Å².